The van der Waals surface area contributed by atoms with Crippen molar-refractivity contribution >= 4 is 11.3 Å². The summed E-state index contributed by atoms with van der Waals surface area (Å²) in [7, 11) is 2.05. The maximum Gasteiger partial charge on any atom is 0.107 e. The van der Waals surface area contributed by atoms with Crippen molar-refractivity contribution in [2.24, 2.45) is 7.05 Å². The minimum Gasteiger partial charge on any atom is -0.310 e. The average molecular weight is 233 g/mol. The average Bonchev–Trinajstić information content (AvgIpc) is 2.87. The van der Waals surface area contributed by atoms with Crippen molar-refractivity contribution in [2.45, 2.75) is 25.9 Å². The van der Waals surface area contributed by atoms with Crippen LogP contribution < -0.4 is 5.32 Å². The number of aryl methyl sites for hydroxylation is 1. The molecular formula is C12H15N3S. The van der Waals surface area contributed by atoms with E-state index < -0.39 is 0 Å². The zero-order valence-electron chi connectivity index (χ0n) is 9.53. The first-order valence-electron chi connectivity index (χ1n) is 5.57. The SMILES string of the molecule is C[C@H]1Cc2c(c(-c3cccs3)nn2C)CN1. The van der Waals surface area contributed by atoms with E-state index in [-0.39, 0.29) is 0 Å². The molecule has 3 rings (SSSR count). The van der Waals surface area contributed by atoms with E-state index in [1.807, 2.05) is 11.7 Å². The third kappa shape index (κ3) is 1.49. The lowest BCUT2D eigenvalue weighted by Crippen LogP contribution is -2.33. The van der Waals surface area contributed by atoms with Crippen LogP contribution in [0.4, 0.5) is 0 Å². The number of hydrogen-bond donors (Lipinski definition) is 1. The second kappa shape index (κ2) is 3.71. The number of aromatic nitrogens is 2. The van der Waals surface area contributed by atoms with E-state index in [1.165, 1.54) is 16.1 Å². The molecule has 0 saturated heterocycles. The van der Waals surface area contributed by atoms with Crippen LogP contribution in [0.15, 0.2) is 17.5 Å². The molecule has 0 aromatic carbocycles. The fourth-order valence-corrected chi connectivity index (χ4v) is 3.03. The van der Waals surface area contributed by atoms with Gasteiger partial charge in [0.05, 0.1) is 4.88 Å². The van der Waals surface area contributed by atoms with E-state index in [1.54, 1.807) is 11.3 Å². The van der Waals surface area contributed by atoms with Crippen LogP contribution in [-0.4, -0.2) is 15.8 Å². The van der Waals surface area contributed by atoms with Crippen molar-refractivity contribution in [3.8, 4) is 10.6 Å². The van der Waals surface area contributed by atoms with Gasteiger partial charge < -0.3 is 5.32 Å². The Bertz CT molecular complexity index is 499. The molecule has 0 bridgehead atoms. The quantitative estimate of drug-likeness (QED) is 0.818. The van der Waals surface area contributed by atoms with Gasteiger partial charge in [0, 0.05) is 37.3 Å². The summed E-state index contributed by atoms with van der Waals surface area (Å²) in [6.07, 6.45) is 1.07. The standard InChI is InChI=1S/C12H15N3S/c1-8-6-10-9(7-13-8)12(14-15(10)2)11-4-3-5-16-11/h3-5,8,13H,6-7H2,1-2H3/t8-/m0/s1. The highest BCUT2D eigenvalue weighted by Crippen LogP contribution is 2.30. The smallest absolute Gasteiger partial charge is 0.107 e. The van der Waals surface area contributed by atoms with E-state index in [2.05, 4.69) is 34.9 Å². The molecule has 3 heterocycles. The number of fused-ring (bicyclic) bond motifs is 1. The van der Waals surface area contributed by atoms with Crippen molar-refractivity contribution in [1.82, 2.24) is 15.1 Å². The minimum absolute atomic E-state index is 0.555. The monoisotopic (exact) mass is 233 g/mol. The van der Waals surface area contributed by atoms with Crippen molar-refractivity contribution < 1.29 is 0 Å². The summed E-state index contributed by atoms with van der Waals surface area (Å²) in [4.78, 5) is 1.27. The molecule has 0 spiro atoms. The van der Waals surface area contributed by atoms with Crippen LogP contribution in [0.3, 0.4) is 0 Å². The second-order valence-corrected chi connectivity index (χ2v) is 5.31. The summed E-state index contributed by atoms with van der Waals surface area (Å²) in [6.45, 7) is 3.17. The molecule has 2 aromatic heterocycles. The highest BCUT2D eigenvalue weighted by molar-refractivity contribution is 7.13. The van der Waals surface area contributed by atoms with Gasteiger partial charge in [0.1, 0.15) is 5.69 Å². The summed E-state index contributed by atoms with van der Waals surface area (Å²) < 4.78 is 2.04. The molecule has 1 aliphatic rings. The third-order valence-corrected chi connectivity index (χ3v) is 4.03. The van der Waals surface area contributed by atoms with Crippen molar-refractivity contribution in [2.75, 3.05) is 0 Å². The second-order valence-electron chi connectivity index (χ2n) is 4.36. The van der Waals surface area contributed by atoms with Gasteiger partial charge in [0.15, 0.2) is 0 Å². The first-order valence-corrected chi connectivity index (χ1v) is 6.45. The van der Waals surface area contributed by atoms with Gasteiger partial charge in [-0.05, 0) is 18.4 Å². The number of nitrogens with zero attached hydrogens (tertiary/aromatic N) is 2. The fraction of sp³-hybridized carbons (Fsp3) is 0.417. The van der Waals surface area contributed by atoms with Crippen LogP contribution in [0.1, 0.15) is 18.2 Å². The van der Waals surface area contributed by atoms with Crippen molar-refractivity contribution in [3.05, 3.63) is 28.8 Å². The Morgan fingerprint density at radius 1 is 1.56 bits per heavy atom. The predicted octanol–water partition coefficient (Wildman–Crippen LogP) is 2.18. The molecule has 4 heteroatoms. The summed E-state index contributed by atoms with van der Waals surface area (Å²) in [5, 5.41) is 10.3. The molecule has 0 amide bonds. The Morgan fingerprint density at radius 2 is 2.44 bits per heavy atom. The van der Waals surface area contributed by atoms with E-state index in [4.69, 9.17) is 0 Å². The molecular weight excluding hydrogens is 218 g/mol. The maximum absolute atomic E-state index is 4.66. The van der Waals surface area contributed by atoms with E-state index in [0.717, 1.165) is 18.7 Å². The van der Waals surface area contributed by atoms with Gasteiger partial charge in [0.2, 0.25) is 0 Å². The van der Waals surface area contributed by atoms with Crippen LogP contribution in [0.25, 0.3) is 10.6 Å². The Hall–Kier alpha value is -1.13. The molecule has 0 aliphatic carbocycles. The number of hydrogen-bond acceptors (Lipinski definition) is 3. The van der Waals surface area contributed by atoms with Crippen molar-refractivity contribution in [1.29, 1.82) is 0 Å². The Kier molecular flexibility index (Phi) is 2.33. The van der Waals surface area contributed by atoms with E-state index in [9.17, 15) is 0 Å². The maximum atomic E-state index is 4.66. The normalized spacial score (nSPS) is 19.8. The molecule has 1 aliphatic heterocycles. The van der Waals surface area contributed by atoms with Gasteiger partial charge in [-0.2, -0.15) is 5.10 Å². The van der Waals surface area contributed by atoms with Gasteiger partial charge in [0.25, 0.3) is 0 Å². The molecule has 1 atom stereocenters. The van der Waals surface area contributed by atoms with Gasteiger partial charge in [-0.3, -0.25) is 4.68 Å². The van der Waals surface area contributed by atoms with Crippen LogP contribution in [0.2, 0.25) is 0 Å². The molecule has 0 saturated carbocycles. The molecule has 84 valence electrons. The lowest BCUT2D eigenvalue weighted by atomic mass is 10.0. The van der Waals surface area contributed by atoms with Gasteiger partial charge in [-0.25, -0.2) is 0 Å². The van der Waals surface area contributed by atoms with Gasteiger partial charge in [-0.1, -0.05) is 6.07 Å². The first kappa shape index (κ1) is 10.1. The summed E-state index contributed by atoms with van der Waals surface area (Å²) >= 11 is 1.76. The molecule has 0 unspecified atom stereocenters. The summed E-state index contributed by atoms with van der Waals surface area (Å²) in [5.41, 5.74) is 3.92. The summed E-state index contributed by atoms with van der Waals surface area (Å²) in [5.74, 6) is 0. The van der Waals surface area contributed by atoms with Crippen molar-refractivity contribution in [3.63, 3.8) is 0 Å². The molecule has 0 fully saturated rings. The Labute approximate surface area is 99.1 Å². The van der Waals surface area contributed by atoms with Crippen LogP contribution >= 0.6 is 11.3 Å². The Balaban J connectivity index is 2.12. The van der Waals surface area contributed by atoms with Crippen LogP contribution in [-0.2, 0) is 20.0 Å². The highest BCUT2D eigenvalue weighted by Gasteiger charge is 2.23. The largest absolute Gasteiger partial charge is 0.310 e. The van der Waals surface area contributed by atoms with E-state index in [0.29, 0.717) is 6.04 Å². The lowest BCUT2D eigenvalue weighted by Gasteiger charge is -2.21. The molecule has 16 heavy (non-hydrogen) atoms. The minimum atomic E-state index is 0.555. The topological polar surface area (TPSA) is 29.9 Å². The molecule has 0 radical (unpaired) electrons. The molecule has 3 nitrogen and oxygen atoms in total. The van der Waals surface area contributed by atoms with Crippen LogP contribution in [0, 0.1) is 0 Å². The number of rotatable bonds is 1. The number of thiophene rings is 1. The fourth-order valence-electron chi connectivity index (χ4n) is 2.29. The third-order valence-electron chi connectivity index (χ3n) is 3.16. The van der Waals surface area contributed by atoms with Crippen LogP contribution in [0.5, 0.6) is 0 Å². The molecule has 1 N–H and O–H groups in total. The summed E-state index contributed by atoms with van der Waals surface area (Å²) in [6, 6.07) is 4.78. The zero-order chi connectivity index (χ0) is 11.1. The lowest BCUT2D eigenvalue weighted by molar-refractivity contribution is 0.495. The van der Waals surface area contributed by atoms with Gasteiger partial charge in [-0.15, -0.1) is 11.3 Å². The number of nitrogens with one attached hydrogen (secondary N) is 1. The van der Waals surface area contributed by atoms with E-state index >= 15 is 0 Å². The first-order chi connectivity index (χ1) is 7.75. The Morgan fingerprint density at radius 3 is 3.19 bits per heavy atom. The molecule has 2 aromatic rings. The zero-order valence-corrected chi connectivity index (χ0v) is 10.3. The predicted molar refractivity (Wildman–Crippen MR) is 66.5 cm³/mol. The highest BCUT2D eigenvalue weighted by atomic mass is 32.1. The van der Waals surface area contributed by atoms with Gasteiger partial charge >= 0.3 is 0 Å².